The molecular formula is C27H32N2O3. The first-order valence-corrected chi connectivity index (χ1v) is 11.0. The number of hydrogen-bond acceptors (Lipinski definition) is 3. The molecule has 0 heterocycles. The first kappa shape index (κ1) is 23.3. The predicted octanol–water partition coefficient (Wildman–Crippen LogP) is 4.59. The highest BCUT2D eigenvalue weighted by Gasteiger charge is 2.28. The number of fused-ring (bicyclic) bond motifs is 1. The quantitative estimate of drug-likeness (QED) is 0.566. The maximum atomic E-state index is 13.2. The van der Waals surface area contributed by atoms with E-state index in [-0.39, 0.29) is 24.0 Å². The molecule has 0 bridgehead atoms. The van der Waals surface area contributed by atoms with Crippen LogP contribution in [-0.4, -0.2) is 41.4 Å². The lowest BCUT2D eigenvalue weighted by molar-refractivity contribution is -0.142. The van der Waals surface area contributed by atoms with Gasteiger partial charge in [-0.25, -0.2) is 0 Å². The van der Waals surface area contributed by atoms with E-state index in [1.54, 1.807) is 11.8 Å². The smallest absolute Gasteiger partial charge is 0.261 e. The van der Waals surface area contributed by atoms with Crippen molar-refractivity contribution >= 4 is 22.6 Å². The van der Waals surface area contributed by atoms with Crippen LogP contribution in [0.15, 0.2) is 72.8 Å². The number of rotatable bonds is 8. The Balaban J connectivity index is 1.74. The van der Waals surface area contributed by atoms with Crippen molar-refractivity contribution in [3.05, 3.63) is 78.4 Å². The van der Waals surface area contributed by atoms with Crippen molar-refractivity contribution in [1.29, 1.82) is 0 Å². The first-order valence-electron chi connectivity index (χ1n) is 11.0. The van der Waals surface area contributed by atoms with Gasteiger partial charge in [0.05, 0.1) is 0 Å². The second-order valence-electron chi connectivity index (χ2n) is 9.00. The predicted molar refractivity (Wildman–Crippen MR) is 129 cm³/mol. The number of ether oxygens (including phenoxy) is 1. The van der Waals surface area contributed by atoms with Crippen molar-refractivity contribution in [2.75, 3.05) is 13.2 Å². The number of amides is 2. The van der Waals surface area contributed by atoms with E-state index in [4.69, 9.17) is 4.74 Å². The maximum absolute atomic E-state index is 13.2. The highest BCUT2D eigenvalue weighted by molar-refractivity contribution is 5.90. The Morgan fingerprint density at radius 3 is 2.31 bits per heavy atom. The minimum absolute atomic E-state index is 0.129. The largest absolute Gasteiger partial charge is 0.483 e. The Morgan fingerprint density at radius 1 is 0.938 bits per heavy atom. The lowest BCUT2D eigenvalue weighted by atomic mass is 10.1. The zero-order chi connectivity index (χ0) is 23.1. The highest BCUT2D eigenvalue weighted by atomic mass is 16.5. The fraction of sp³-hybridized carbons (Fsp3) is 0.333. The summed E-state index contributed by atoms with van der Waals surface area (Å²) in [5.74, 6) is 0.265. The Morgan fingerprint density at radius 2 is 1.59 bits per heavy atom. The molecule has 2 amide bonds. The second-order valence-corrected chi connectivity index (χ2v) is 9.00. The molecule has 0 saturated heterocycles. The summed E-state index contributed by atoms with van der Waals surface area (Å²) in [6.45, 7) is 7.85. The molecule has 0 aliphatic carbocycles. The maximum Gasteiger partial charge on any atom is 0.261 e. The normalized spacial score (nSPS) is 12.2. The SMILES string of the molecule is C[C@@H](C(=O)NC(C)(C)C)N(CCc1ccccc1)C(=O)COc1cccc2ccccc12. The van der Waals surface area contributed by atoms with Gasteiger partial charge in [-0.15, -0.1) is 0 Å². The molecule has 5 nitrogen and oxygen atoms in total. The summed E-state index contributed by atoms with van der Waals surface area (Å²) in [6, 6.07) is 23.0. The van der Waals surface area contributed by atoms with Crippen LogP contribution in [0.2, 0.25) is 0 Å². The average molecular weight is 433 g/mol. The van der Waals surface area contributed by atoms with Crippen LogP contribution in [0.4, 0.5) is 0 Å². The van der Waals surface area contributed by atoms with Crippen LogP contribution in [-0.2, 0) is 16.0 Å². The summed E-state index contributed by atoms with van der Waals surface area (Å²) in [5.41, 5.74) is 0.738. The minimum atomic E-state index is -0.610. The van der Waals surface area contributed by atoms with Crippen LogP contribution < -0.4 is 10.1 Å². The van der Waals surface area contributed by atoms with Gasteiger partial charge in [0.2, 0.25) is 5.91 Å². The van der Waals surface area contributed by atoms with Gasteiger partial charge in [-0.1, -0.05) is 66.7 Å². The molecule has 1 N–H and O–H groups in total. The molecule has 0 saturated carbocycles. The number of nitrogens with one attached hydrogen (secondary N) is 1. The lowest BCUT2D eigenvalue weighted by Gasteiger charge is -2.31. The number of nitrogens with zero attached hydrogens (tertiary/aromatic N) is 1. The fourth-order valence-electron chi connectivity index (χ4n) is 3.59. The Bertz CT molecular complexity index is 1050. The van der Waals surface area contributed by atoms with Gasteiger partial charge >= 0.3 is 0 Å². The van der Waals surface area contributed by atoms with E-state index in [0.717, 1.165) is 16.3 Å². The molecule has 0 fully saturated rings. The molecule has 0 spiro atoms. The summed E-state index contributed by atoms with van der Waals surface area (Å²) >= 11 is 0. The molecule has 0 aromatic heterocycles. The summed E-state index contributed by atoms with van der Waals surface area (Å²) in [6.07, 6.45) is 0.661. The molecule has 0 aliphatic heterocycles. The van der Waals surface area contributed by atoms with Crippen LogP contribution in [0.5, 0.6) is 5.75 Å². The lowest BCUT2D eigenvalue weighted by Crippen LogP contribution is -2.53. The molecule has 0 aliphatic rings. The van der Waals surface area contributed by atoms with Crippen molar-refractivity contribution in [2.45, 2.75) is 45.7 Å². The monoisotopic (exact) mass is 432 g/mol. The molecule has 32 heavy (non-hydrogen) atoms. The summed E-state index contributed by atoms with van der Waals surface area (Å²) in [4.78, 5) is 27.6. The standard InChI is InChI=1S/C27H32N2O3/c1-20(26(31)28-27(2,3)4)29(18-17-21-11-6-5-7-12-21)25(30)19-32-24-16-10-14-22-13-8-9-15-23(22)24/h5-16,20H,17-19H2,1-4H3,(H,28,31)/t20-/m0/s1. The zero-order valence-electron chi connectivity index (χ0n) is 19.3. The van der Waals surface area contributed by atoms with Gasteiger partial charge < -0.3 is 15.0 Å². The van der Waals surface area contributed by atoms with Crippen molar-refractivity contribution in [3.8, 4) is 5.75 Å². The van der Waals surface area contributed by atoms with Gasteiger partial charge in [0, 0.05) is 17.5 Å². The van der Waals surface area contributed by atoms with E-state index >= 15 is 0 Å². The Labute approximate surface area is 190 Å². The van der Waals surface area contributed by atoms with E-state index < -0.39 is 6.04 Å². The number of hydrogen-bond donors (Lipinski definition) is 1. The second kappa shape index (κ2) is 10.3. The van der Waals surface area contributed by atoms with Crippen LogP contribution in [0, 0.1) is 0 Å². The van der Waals surface area contributed by atoms with Crippen molar-refractivity contribution in [1.82, 2.24) is 10.2 Å². The Hall–Kier alpha value is -3.34. The fourth-order valence-corrected chi connectivity index (χ4v) is 3.59. The molecular weight excluding hydrogens is 400 g/mol. The average Bonchev–Trinajstić information content (AvgIpc) is 2.77. The third kappa shape index (κ3) is 6.33. The third-order valence-corrected chi connectivity index (χ3v) is 5.25. The molecule has 3 aromatic rings. The number of benzene rings is 3. The summed E-state index contributed by atoms with van der Waals surface area (Å²) in [5, 5.41) is 4.98. The number of carbonyl (C=O) groups is 2. The van der Waals surface area contributed by atoms with E-state index in [0.29, 0.717) is 18.7 Å². The van der Waals surface area contributed by atoms with Crippen molar-refractivity contribution < 1.29 is 14.3 Å². The van der Waals surface area contributed by atoms with E-state index in [9.17, 15) is 9.59 Å². The molecule has 168 valence electrons. The van der Waals surface area contributed by atoms with Crippen LogP contribution in [0.3, 0.4) is 0 Å². The van der Waals surface area contributed by atoms with Crippen LogP contribution in [0.25, 0.3) is 10.8 Å². The minimum Gasteiger partial charge on any atom is -0.483 e. The topological polar surface area (TPSA) is 58.6 Å². The van der Waals surface area contributed by atoms with E-state index in [1.165, 1.54) is 0 Å². The molecule has 3 aromatic carbocycles. The van der Waals surface area contributed by atoms with Crippen LogP contribution >= 0.6 is 0 Å². The van der Waals surface area contributed by atoms with Gasteiger partial charge in [0.1, 0.15) is 11.8 Å². The van der Waals surface area contributed by atoms with Crippen molar-refractivity contribution in [2.24, 2.45) is 0 Å². The van der Waals surface area contributed by atoms with Gasteiger partial charge in [-0.2, -0.15) is 0 Å². The first-order chi connectivity index (χ1) is 15.2. The zero-order valence-corrected chi connectivity index (χ0v) is 19.3. The summed E-state index contributed by atoms with van der Waals surface area (Å²) < 4.78 is 5.92. The molecule has 1 atom stereocenters. The molecule has 0 unspecified atom stereocenters. The van der Waals surface area contributed by atoms with Gasteiger partial charge in [-0.3, -0.25) is 9.59 Å². The summed E-state index contributed by atoms with van der Waals surface area (Å²) in [7, 11) is 0. The van der Waals surface area contributed by atoms with Gasteiger partial charge in [-0.05, 0) is 51.1 Å². The van der Waals surface area contributed by atoms with E-state index in [2.05, 4.69) is 5.32 Å². The molecule has 0 radical (unpaired) electrons. The highest BCUT2D eigenvalue weighted by Crippen LogP contribution is 2.25. The van der Waals surface area contributed by atoms with Crippen LogP contribution in [0.1, 0.15) is 33.3 Å². The Kier molecular flexibility index (Phi) is 7.52. The van der Waals surface area contributed by atoms with E-state index in [1.807, 2.05) is 93.6 Å². The molecule has 3 rings (SSSR count). The molecule has 5 heteroatoms. The third-order valence-electron chi connectivity index (χ3n) is 5.25. The number of carbonyl (C=O) groups excluding carboxylic acids is 2. The van der Waals surface area contributed by atoms with Gasteiger partial charge in [0.25, 0.3) is 5.91 Å². The van der Waals surface area contributed by atoms with Gasteiger partial charge in [0.15, 0.2) is 6.61 Å². The van der Waals surface area contributed by atoms with Crippen molar-refractivity contribution in [3.63, 3.8) is 0 Å².